The third-order valence-corrected chi connectivity index (χ3v) is 7.24. The monoisotopic (exact) mass is 486 g/mol. The fraction of sp³-hybridized carbons (Fsp3) is 0.476. The van der Waals surface area contributed by atoms with E-state index in [-0.39, 0.29) is 49.7 Å². The van der Waals surface area contributed by atoms with E-state index in [0.29, 0.717) is 16.8 Å². The van der Waals surface area contributed by atoms with Gasteiger partial charge in [0.05, 0.1) is 13.1 Å². The molecule has 14 heteroatoms. The molecule has 11 N–H and O–H groups in total. The number of carbonyl (C=O) groups is 3. The average Bonchev–Trinajstić information content (AvgIpc) is 3.38. The Hall–Kier alpha value is -3.91. The Morgan fingerprint density at radius 3 is 2.60 bits per heavy atom. The fourth-order valence-electron chi connectivity index (χ4n) is 5.39. The number of nitrogen functional groups attached to an aromatic ring is 1. The van der Waals surface area contributed by atoms with Gasteiger partial charge in [-0.3, -0.25) is 30.3 Å². The number of rotatable bonds is 4. The molecule has 186 valence electrons. The smallest absolute Gasteiger partial charge is 0.346 e. The second-order valence-electron chi connectivity index (χ2n) is 9.32. The van der Waals surface area contributed by atoms with Crippen LogP contribution in [0.15, 0.2) is 23.2 Å². The highest BCUT2D eigenvalue weighted by molar-refractivity contribution is 6.02. The Kier molecular flexibility index (Phi) is 4.93. The van der Waals surface area contributed by atoms with E-state index in [2.05, 4.69) is 20.9 Å². The van der Waals surface area contributed by atoms with E-state index < -0.39 is 35.5 Å². The molecule has 14 nitrogen and oxygen atoms in total. The number of benzene rings is 1. The Labute approximate surface area is 199 Å². The molecular weight excluding hydrogens is 458 g/mol. The van der Waals surface area contributed by atoms with Crippen molar-refractivity contribution in [2.45, 2.75) is 49.3 Å². The van der Waals surface area contributed by atoms with Crippen molar-refractivity contribution in [3.63, 3.8) is 0 Å². The molecule has 5 rings (SSSR count). The van der Waals surface area contributed by atoms with Crippen molar-refractivity contribution in [3.8, 4) is 0 Å². The van der Waals surface area contributed by atoms with Crippen LogP contribution in [0.4, 0.5) is 5.69 Å². The lowest BCUT2D eigenvalue weighted by Crippen LogP contribution is -2.79. The first-order chi connectivity index (χ1) is 16.5. The number of aliphatic imine (C=N–C) groups is 1. The number of nitrogens with two attached hydrogens (primary N) is 3. The topological polar surface area (TPSA) is 224 Å². The fourth-order valence-corrected chi connectivity index (χ4v) is 5.39. The van der Waals surface area contributed by atoms with Gasteiger partial charge in [-0.05, 0) is 30.7 Å². The molecule has 3 amide bonds. The second kappa shape index (κ2) is 7.55. The predicted molar refractivity (Wildman–Crippen MR) is 122 cm³/mol. The van der Waals surface area contributed by atoms with Gasteiger partial charge in [-0.1, -0.05) is 0 Å². The Bertz CT molecular complexity index is 1200. The number of nitrogens with zero attached hydrogens (tertiary/aromatic N) is 3. The molecular formula is C21H28N9O5+. The summed E-state index contributed by atoms with van der Waals surface area (Å²) in [5.41, 5.74) is 17.8. The molecule has 2 fully saturated rings. The van der Waals surface area contributed by atoms with Gasteiger partial charge < -0.3 is 32.3 Å². The van der Waals surface area contributed by atoms with Crippen molar-refractivity contribution >= 4 is 35.3 Å². The molecule has 0 saturated carbocycles. The number of amides is 3. The van der Waals surface area contributed by atoms with Crippen LogP contribution in [0.3, 0.4) is 0 Å². The minimum absolute atomic E-state index is 0.0512. The van der Waals surface area contributed by atoms with Crippen molar-refractivity contribution in [1.82, 2.24) is 20.9 Å². The van der Waals surface area contributed by atoms with Crippen LogP contribution < -0.4 is 33.2 Å². The van der Waals surface area contributed by atoms with Gasteiger partial charge in [0.1, 0.15) is 18.1 Å². The molecule has 0 aromatic heterocycles. The molecule has 4 heterocycles. The average molecular weight is 487 g/mol. The zero-order chi connectivity index (χ0) is 25.3. The lowest BCUT2D eigenvalue weighted by atomic mass is 9.85. The third-order valence-electron chi connectivity index (χ3n) is 7.24. The molecule has 2 saturated heterocycles. The number of carbonyl (C=O) groups excluding carboxylic acids is 3. The Morgan fingerprint density at radius 1 is 1.26 bits per heavy atom. The van der Waals surface area contributed by atoms with E-state index in [1.54, 1.807) is 19.1 Å². The predicted octanol–water partition coefficient (Wildman–Crippen LogP) is -4.20. The van der Waals surface area contributed by atoms with Crippen LogP contribution in [0.25, 0.3) is 0 Å². The zero-order valence-corrected chi connectivity index (χ0v) is 19.0. The number of imide groups is 1. The highest BCUT2D eigenvalue weighted by Gasteiger charge is 2.75. The van der Waals surface area contributed by atoms with Crippen molar-refractivity contribution in [3.05, 3.63) is 29.3 Å². The third kappa shape index (κ3) is 3.20. The van der Waals surface area contributed by atoms with Crippen LogP contribution in [0.2, 0.25) is 0 Å². The van der Waals surface area contributed by atoms with Gasteiger partial charge in [0.15, 0.2) is 5.96 Å². The number of nitrogens with one attached hydrogen (secondary N) is 3. The van der Waals surface area contributed by atoms with Gasteiger partial charge >= 0.3 is 5.96 Å². The standard InChI is InChI=1S/C21H27N9O5/c1-9-6-10(2-3-11(9)22)17(33)26-13-8-30-19(24)25-12(7-29-14(31)4-5-15(29)32)16-20(30,21(13,34)35)28-18(23)27-16/h2-3,6,12-13,16,34-35H,4-5,7-8H2,1H3,(H8,22,23,24,25,26,27,28,33)/p+1/t12-,13?,16-,20-/m0/s1. The van der Waals surface area contributed by atoms with Crippen molar-refractivity contribution in [2.75, 3.05) is 18.8 Å². The lowest BCUT2D eigenvalue weighted by molar-refractivity contribution is -0.623. The molecule has 1 unspecified atom stereocenters. The maximum Gasteiger partial charge on any atom is 0.346 e. The number of hydrogen-bond donors (Lipinski definition) is 8. The number of aryl methyl sites for hydroxylation is 1. The van der Waals surface area contributed by atoms with Gasteiger partial charge in [-0.25, -0.2) is 9.57 Å². The number of hydrogen-bond acceptors (Lipinski definition) is 11. The molecule has 4 aliphatic heterocycles. The lowest BCUT2D eigenvalue weighted by Gasteiger charge is -2.44. The van der Waals surface area contributed by atoms with Gasteiger partial charge in [0.2, 0.25) is 23.3 Å². The van der Waals surface area contributed by atoms with E-state index in [0.717, 1.165) is 4.90 Å². The maximum atomic E-state index is 13.0. The first-order valence-corrected chi connectivity index (χ1v) is 11.2. The first-order valence-electron chi connectivity index (χ1n) is 11.2. The Morgan fingerprint density at radius 2 is 1.94 bits per heavy atom. The summed E-state index contributed by atoms with van der Waals surface area (Å²) in [6, 6.07) is 1.79. The summed E-state index contributed by atoms with van der Waals surface area (Å²) in [5, 5.41) is 31.5. The molecule has 1 aromatic carbocycles. The highest BCUT2D eigenvalue weighted by atomic mass is 16.5. The van der Waals surface area contributed by atoms with Crippen LogP contribution in [-0.2, 0) is 9.59 Å². The van der Waals surface area contributed by atoms with Crippen molar-refractivity contribution in [2.24, 2.45) is 16.5 Å². The van der Waals surface area contributed by atoms with E-state index in [1.165, 1.54) is 10.6 Å². The number of anilines is 1. The molecule has 0 bridgehead atoms. The summed E-state index contributed by atoms with van der Waals surface area (Å²) in [4.78, 5) is 42.8. The number of aliphatic hydroxyl groups is 2. The molecule has 35 heavy (non-hydrogen) atoms. The normalized spacial score (nSPS) is 31.0. The molecule has 1 spiro atoms. The number of likely N-dealkylation sites (tertiary alicyclic amines) is 1. The maximum absolute atomic E-state index is 13.0. The summed E-state index contributed by atoms with van der Waals surface area (Å²) in [6.45, 7) is 1.58. The summed E-state index contributed by atoms with van der Waals surface area (Å²) in [5.74, 6) is -3.83. The van der Waals surface area contributed by atoms with Gasteiger partial charge in [0.25, 0.3) is 5.91 Å². The first kappa shape index (κ1) is 22.9. The quantitative estimate of drug-likeness (QED) is 0.0886. The van der Waals surface area contributed by atoms with E-state index >= 15 is 0 Å². The van der Waals surface area contributed by atoms with Crippen LogP contribution in [-0.4, -0.2) is 92.0 Å². The zero-order valence-electron chi connectivity index (χ0n) is 19.0. The van der Waals surface area contributed by atoms with Crippen LogP contribution in [0.1, 0.15) is 28.8 Å². The van der Waals surface area contributed by atoms with Crippen LogP contribution >= 0.6 is 0 Å². The van der Waals surface area contributed by atoms with Crippen LogP contribution in [0.5, 0.6) is 0 Å². The molecule has 1 aromatic rings. The Balaban J connectivity index is 1.47. The van der Waals surface area contributed by atoms with E-state index in [4.69, 9.17) is 17.2 Å². The number of guanidine groups is 2. The minimum Gasteiger partial charge on any atom is -0.399 e. The van der Waals surface area contributed by atoms with Gasteiger partial charge in [0, 0.05) is 24.1 Å². The SMILES string of the molecule is Cc1cc(C(=O)NC2C[N+]3=C(N)N[C@@H](CN4C(=O)CCC4=O)[C@@H]4N=C(N)N[C@@]43C2(O)O)ccc1N. The van der Waals surface area contributed by atoms with E-state index in [9.17, 15) is 24.6 Å². The van der Waals surface area contributed by atoms with Gasteiger partial charge in [-0.2, -0.15) is 0 Å². The second-order valence-corrected chi connectivity index (χ2v) is 9.32. The molecule has 4 atom stereocenters. The largest absolute Gasteiger partial charge is 0.399 e. The molecule has 0 radical (unpaired) electrons. The minimum atomic E-state index is -2.61. The summed E-state index contributed by atoms with van der Waals surface area (Å²) >= 11 is 0. The van der Waals surface area contributed by atoms with Crippen molar-refractivity contribution < 1.29 is 29.2 Å². The molecule has 0 aliphatic carbocycles. The van der Waals surface area contributed by atoms with Crippen molar-refractivity contribution in [1.29, 1.82) is 0 Å². The van der Waals surface area contributed by atoms with Gasteiger partial charge in [-0.15, -0.1) is 0 Å². The van der Waals surface area contributed by atoms with Crippen LogP contribution in [0, 0.1) is 6.92 Å². The van der Waals surface area contributed by atoms with E-state index in [1.807, 2.05) is 0 Å². The molecule has 4 aliphatic rings. The summed E-state index contributed by atoms with van der Waals surface area (Å²) < 4.78 is 1.45. The summed E-state index contributed by atoms with van der Waals surface area (Å²) in [7, 11) is 0. The summed E-state index contributed by atoms with van der Waals surface area (Å²) in [6.07, 6.45) is 0.220. The highest BCUT2D eigenvalue weighted by Crippen LogP contribution is 2.41.